The monoisotopic (exact) mass is 540 g/mol. The highest BCUT2D eigenvalue weighted by atomic mass is 19.3. The third kappa shape index (κ3) is 4.83. The van der Waals surface area contributed by atoms with Crippen molar-refractivity contribution in [3.63, 3.8) is 0 Å². The van der Waals surface area contributed by atoms with Gasteiger partial charge >= 0.3 is 0 Å². The number of aromatic nitrogens is 10. The highest BCUT2D eigenvalue weighted by Gasteiger charge is 2.17. The lowest BCUT2D eigenvalue weighted by Gasteiger charge is -2.12. The van der Waals surface area contributed by atoms with E-state index in [0.717, 1.165) is 67.2 Å². The Hall–Kier alpha value is -4.87. The number of pyridine rings is 1. The van der Waals surface area contributed by atoms with Crippen LogP contribution in [0, 0.1) is 13.8 Å². The van der Waals surface area contributed by atoms with Gasteiger partial charge < -0.3 is 4.57 Å². The maximum atomic E-state index is 12.8. The molecule has 0 bridgehead atoms. The summed E-state index contributed by atoms with van der Waals surface area (Å²) in [4.78, 5) is 9.64. The molecular formula is C28H26F2N10. The van der Waals surface area contributed by atoms with Crippen LogP contribution >= 0.6 is 0 Å². The van der Waals surface area contributed by atoms with Gasteiger partial charge in [-0.1, -0.05) is 42.5 Å². The first-order chi connectivity index (χ1) is 19.4. The standard InChI is InChI=1S/C28H26F2N10/c1-4-25-32-26-16(2)11-17(3)31-28(26)40(25)13-18-5-7-19(8-6-18)22-12-20(9-10-21(22)27-34-36-37-35-27)23-14-39(38-33-23)15-24(29)30/h5-12,14,24H,4,13,15H2,1-3H3,(H,34,35,36,37). The van der Waals surface area contributed by atoms with E-state index >= 15 is 0 Å². The highest BCUT2D eigenvalue weighted by molar-refractivity contribution is 5.84. The predicted molar refractivity (Wildman–Crippen MR) is 146 cm³/mol. The van der Waals surface area contributed by atoms with Crippen molar-refractivity contribution in [3.8, 4) is 33.8 Å². The van der Waals surface area contributed by atoms with E-state index in [2.05, 4.69) is 67.5 Å². The molecule has 202 valence electrons. The lowest BCUT2D eigenvalue weighted by molar-refractivity contribution is 0.121. The van der Waals surface area contributed by atoms with E-state index < -0.39 is 13.0 Å². The minimum Gasteiger partial charge on any atom is -0.308 e. The first-order valence-corrected chi connectivity index (χ1v) is 12.9. The lowest BCUT2D eigenvalue weighted by atomic mass is 9.95. The van der Waals surface area contributed by atoms with Gasteiger partial charge in [-0.15, -0.1) is 15.3 Å². The summed E-state index contributed by atoms with van der Waals surface area (Å²) in [6.45, 7) is 6.29. The first kappa shape index (κ1) is 25.4. The molecule has 0 saturated carbocycles. The van der Waals surface area contributed by atoms with Crippen molar-refractivity contribution in [2.45, 2.75) is 46.7 Å². The van der Waals surface area contributed by atoms with Crippen molar-refractivity contribution in [3.05, 3.63) is 77.4 Å². The second-order valence-electron chi connectivity index (χ2n) is 9.63. The van der Waals surface area contributed by atoms with Gasteiger partial charge in [-0.3, -0.25) is 0 Å². The molecule has 6 rings (SSSR count). The molecule has 1 N–H and O–H groups in total. The molecule has 12 heteroatoms. The van der Waals surface area contributed by atoms with E-state index in [0.29, 0.717) is 18.1 Å². The molecule has 0 unspecified atom stereocenters. The summed E-state index contributed by atoms with van der Waals surface area (Å²) in [6.07, 6.45) is -0.196. The average Bonchev–Trinajstić information content (AvgIpc) is 3.70. The molecule has 4 aromatic heterocycles. The fraction of sp³-hybridized carbons (Fsp3) is 0.250. The van der Waals surface area contributed by atoms with Gasteiger partial charge in [0.05, 0.1) is 12.7 Å². The number of imidazole rings is 1. The zero-order valence-corrected chi connectivity index (χ0v) is 22.2. The van der Waals surface area contributed by atoms with E-state index in [9.17, 15) is 8.78 Å². The molecule has 0 amide bonds. The third-order valence-electron chi connectivity index (χ3n) is 6.79. The number of nitrogens with one attached hydrogen (secondary N) is 1. The highest BCUT2D eigenvalue weighted by Crippen LogP contribution is 2.34. The number of hydrogen-bond donors (Lipinski definition) is 1. The quantitative estimate of drug-likeness (QED) is 0.288. The summed E-state index contributed by atoms with van der Waals surface area (Å²) in [5.74, 6) is 1.44. The number of benzene rings is 2. The molecule has 0 radical (unpaired) electrons. The van der Waals surface area contributed by atoms with Crippen molar-refractivity contribution < 1.29 is 8.78 Å². The molecule has 0 aliphatic heterocycles. The summed E-state index contributed by atoms with van der Waals surface area (Å²) in [5, 5.41) is 22.5. The molecule has 0 fully saturated rings. The summed E-state index contributed by atoms with van der Waals surface area (Å²) in [6, 6.07) is 15.9. The van der Waals surface area contributed by atoms with Gasteiger partial charge in [0.1, 0.15) is 23.6 Å². The van der Waals surface area contributed by atoms with Gasteiger partial charge in [-0.25, -0.2) is 23.4 Å². The Bertz CT molecular complexity index is 1790. The normalized spacial score (nSPS) is 11.7. The smallest absolute Gasteiger partial charge is 0.257 e. The maximum absolute atomic E-state index is 12.8. The van der Waals surface area contributed by atoms with Crippen LogP contribution in [0.25, 0.3) is 44.9 Å². The molecule has 0 saturated heterocycles. The van der Waals surface area contributed by atoms with Crippen LogP contribution in [0.5, 0.6) is 0 Å². The van der Waals surface area contributed by atoms with E-state index in [1.54, 1.807) is 0 Å². The maximum Gasteiger partial charge on any atom is 0.257 e. The van der Waals surface area contributed by atoms with E-state index in [-0.39, 0.29) is 0 Å². The van der Waals surface area contributed by atoms with Crippen molar-refractivity contribution in [1.29, 1.82) is 0 Å². The van der Waals surface area contributed by atoms with Gasteiger partial charge in [0, 0.05) is 23.2 Å². The van der Waals surface area contributed by atoms with Crippen LogP contribution in [-0.4, -0.2) is 56.6 Å². The molecule has 0 aliphatic carbocycles. The fourth-order valence-corrected chi connectivity index (χ4v) is 4.93. The van der Waals surface area contributed by atoms with Gasteiger partial charge in [-0.2, -0.15) is 5.21 Å². The number of rotatable bonds is 8. The van der Waals surface area contributed by atoms with Crippen molar-refractivity contribution in [1.82, 2.24) is 50.2 Å². The Morgan fingerprint density at radius 1 is 0.925 bits per heavy atom. The Labute approximate surface area is 228 Å². The van der Waals surface area contributed by atoms with Crippen LogP contribution in [0.15, 0.2) is 54.7 Å². The van der Waals surface area contributed by atoms with E-state index in [4.69, 9.17) is 9.97 Å². The van der Waals surface area contributed by atoms with Crippen LogP contribution in [0.3, 0.4) is 0 Å². The number of tetrazole rings is 1. The van der Waals surface area contributed by atoms with Gasteiger partial charge in [0.2, 0.25) is 5.82 Å². The average molecular weight is 541 g/mol. The van der Waals surface area contributed by atoms with E-state index in [1.807, 2.05) is 37.3 Å². The van der Waals surface area contributed by atoms with Gasteiger partial charge in [-0.05, 0) is 59.5 Å². The van der Waals surface area contributed by atoms with Crippen LogP contribution in [0.4, 0.5) is 8.78 Å². The van der Waals surface area contributed by atoms with Crippen LogP contribution in [0.2, 0.25) is 0 Å². The number of aryl methyl sites for hydroxylation is 3. The summed E-state index contributed by atoms with van der Waals surface area (Å²) in [5.41, 5.74) is 8.81. The van der Waals surface area contributed by atoms with Crippen LogP contribution < -0.4 is 0 Å². The Morgan fingerprint density at radius 3 is 2.45 bits per heavy atom. The number of fused-ring (bicyclic) bond motifs is 1. The van der Waals surface area contributed by atoms with Gasteiger partial charge in [0.15, 0.2) is 5.65 Å². The minimum atomic E-state index is -2.51. The van der Waals surface area contributed by atoms with Crippen LogP contribution in [-0.2, 0) is 19.5 Å². The number of aromatic amines is 1. The summed E-state index contributed by atoms with van der Waals surface area (Å²) < 4.78 is 28.9. The Kier molecular flexibility index (Phi) is 6.58. The summed E-state index contributed by atoms with van der Waals surface area (Å²) in [7, 11) is 0. The molecule has 6 aromatic rings. The largest absolute Gasteiger partial charge is 0.308 e. The number of nitrogens with zero attached hydrogens (tertiary/aromatic N) is 9. The third-order valence-corrected chi connectivity index (χ3v) is 6.79. The zero-order valence-electron chi connectivity index (χ0n) is 22.2. The SMILES string of the molecule is CCc1nc2c(C)cc(C)nc2n1Cc1ccc(-c2cc(-c3cn(CC(F)F)nn3)ccc2-c2nn[nH]n2)cc1. The molecule has 4 heterocycles. The van der Waals surface area contributed by atoms with Crippen molar-refractivity contribution in [2.24, 2.45) is 0 Å². The molecule has 0 atom stereocenters. The first-order valence-electron chi connectivity index (χ1n) is 12.9. The number of H-pyrrole nitrogens is 1. The predicted octanol–water partition coefficient (Wildman–Crippen LogP) is 5.03. The second-order valence-corrected chi connectivity index (χ2v) is 9.63. The molecule has 10 nitrogen and oxygen atoms in total. The minimum absolute atomic E-state index is 0.446. The Morgan fingerprint density at radius 2 is 1.73 bits per heavy atom. The van der Waals surface area contributed by atoms with E-state index in [1.165, 1.54) is 6.20 Å². The Balaban J connectivity index is 1.36. The summed E-state index contributed by atoms with van der Waals surface area (Å²) >= 11 is 0. The van der Waals surface area contributed by atoms with Crippen LogP contribution in [0.1, 0.15) is 29.6 Å². The zero-order chi connectivity index (χ0) is 27.8. The molecule has 2 aromatic carbocycles. The van der Waals surface area contributed by atoms with Crippen molar-refractivity contribution in [2.75, 3.05) is 0 Å². The fourth-order valence-electron chi connectivity index (χ4n) is 4.93. The molecule has 0 aliphatic rings. The molecule has 40 heavy (non-hydrogen) atoms. The number of halogens is 2. The second kappa shape index (κ2) is 10.4. The molecular weight excluding hydrogens is 514 g/mol. The topological polar surface area (TPSA) is 116 Å². The number of hydrogen-bond acceptors (Lipinski definition) is 7. The lowest BCUT2D eigenvalue weighted by Crippen LogP contribution is -2.06. The van der Waals surface area contributed by atoms with Gasteiger partial charge in [0.25, 0.3) is 6.43 Å². The number of alkyl halides is 2. The molecule has 0 spiro atoms. The van der Waals surface area contributed by atoms with Crippen molar-refractivity contribution >= 4 is 11.2 Å².